The topological polar surface area (TPSA) is 32.7 Å². The zero-order valence-corrected chi connectivity index (χ0v) is 7.88. The summed E-state index contributed by atoms with van der Waals surface area (Å²) in [4.78, 5) is 1.53. The number of aliphatic hydroxyl groups is 1. The molecule has 0 amide bonds. The van der Waals surface area contributed by atoms with Crippen LogP contribution in [0.5, 0.6) is 0 Å². The Bertz CT molecular complexity index is 114. The molecule has 5 heteroatoms. The SMILES string of the molecule is COCCCN(CCO)CC(F)F. The summed E-state index contributed by atoms with van der Waals surface area (Å²) in [6.07, 6.45) is -1.63. The fourth-order valence-corrected chi connectivity index (χ4v) is 1.06. The van der Waals surface area contributed by atoms with E-state index in [0.29, 0.717) is 26.1 Å². The van der Waals surface area contributed by atoms with Gasteiger partial charge in [-0.15, -0.1) is 0 Å². The lowest BCUT2D eigenvalue weighted by atomic mass is 10.4. The molecule has 0 aromatic rings. The molecule has 80 valence electrons. The van der Waals surface area contributed by atoms with Gasteiger partial charge >= 0.3 is 0 Å². The fourth-order valence-electron chi connectivity index (χ4n) is 1.06. The van der Waals surface area contributed by atoms with Crippen molar-refractivity contribution < 1.29 is 18.6 Å². The van der Waals surface area contributed by atoms with Crippen LogP contribution in [0.3, 0.4) is 0 Å². The summed E-state index contributed by atoms with van der Waals surface area (Å²) in [7, 11) is 1.57. The predicted molar refractivity (Wildman–Crippen MR) is 46.0 cm³/mol. The van der Waals surface area contributed by atoms with Crippen molar-refractivity contribution in [2.24, 2.45) is 0 Å². The minimum Gasteiger partial charge on any atom is -0.395 e. The van der Waals surface area contributed by atoms with Crippen molar-refractivity contribution >= 4 is 0 Å². The molecule has 0 aromatic heterocycles. The molecule has 0 radical (unpaired) electrons. The minimum atomic E-state index is -2.34. The van der Waals surface area contributed by atoms with Gasteiger partial charge in [-0.1, -0.05) is 0 Å². The van der Waals surface area contributed by atoms with Crippen LogP contribution in [-0.2, 0) is 4.74 Å². The Morgan fingerprint density at radius 2 is 2.08 bits per heavy atom. The normalized spacial score (nSPS) is 11.5. The summed E-state index contributed by atoms with van der Waals surface area (Å²) in [5.74, 6) is 0. The van der Waals surface area contributed by atoms with Crippen molar-refractivity contribution in [2.75, 3.05) is 40.0 Å². The number of rotatable bonds is 8. The van der Waals surface area contributed by atoms with Crippen LogP contribution in [0.1, 0.15) is 6.42 Å². The molecular formula is C8H17F2NO2. The molecule has 0 aliphatic rings. The number of ether oxygens (including phenoxy) is 1. The summed E-state index contributed by atoms with van der Waals surface area (Å²) in [6.45, 7) is 1.04. The second-order valence-electron chi connectivity index (χ2n) is 2.76. The lowest BCUT2D eigenvalue weighted by Crippen LogP contribution is -2.33. The van der Waals surface area contributed by atoms with E-state index in [4.69, 9.17) is 9.84 Å². The first-order chi connectivity index (χ1) is 6.20. The van der Waals surface area contributed by atoms with E-state index in [1.54, 1.807) is 7.11 Å². The van der Waals surface area contributed by atoms with E-state index in [2.05, 4.69) is 0 Å². The zero-order chi connectivity index (χ0) is 10.1. The van der Waals surface area contributed by atoms with Gasteiger partial charge in [-0.3, -0.25) is 4.90 Å². The van der Waals surface area contributed by atoms with Gasteiger partial charge in [-0.2, -0.15) is 0 Å². The van der Waals surface area contributed by atoms with Crippen molar-refractivity contribution in [3.63, 3.8) is 0 Å². The van der Waals surface area contributed by atoms with Crippen molar-refractivity contribution in [3.8, 4) is 0 Å². The summed E-state index contributed by atoms with van der Waals surface area (Å²) < 4.78 is 28.7. The van der Waals surface area contributed by atoms with Crippen molar-refractivity contribution in [2.45, 2.75) is 12.8 Å². The number of hydrogen-bond donors (Lipinski definition) is 1. The molecule has 0 aliphatic heterocycles. The van der Waals surface area contributed by atoms with E-state index < -0.39 is 6.43 Å². The third kappa shape index (κ3) is 8.08. The molecule has 0 unspecified atom stereocenters. The van der Waals surface area contributed by atoms with Gasteiger partial charge in [0.05, 0.1) is 13.2 Å². The molecule has 0 spiro atoms. The zero-order valence-electron chi connectivity index (χ0n) is 7.88. The third-order valence-electron chi connectivity index (χ3n) is 1.64. The van der Waals surface area contributed by atoms with Gasteiger partial charge in [0, 0.05) is 26.8 Å². The Morgan fingerprint density at radius 3 is 2.54 bits per heavy atom. The third-order valence-corrected chi connectivity index (χ3v) is 1.64. The molecule has 0 bridgehead atoms. The van der Waals surface area contributed by atoms with Crippen molar-refractivity contribution in [1.29, 1.82) is 0 Å². The largest absolute Gasteiger partial charge is 0.395 e. The Kier molecular flexibility index (Phi) is 8.18. The van der Waals surface area contributed by atoms with Crippen LogP contribution in [-0.4, -0.2) is 56.4 Å². The molecule has 0 fully saturated rings. The average Bonchev–Trinajstić information content (AvgIpc) is 2.04. The summed E-state index contributed by atoms with van der Waals surface area (Å²) in [5, 5.41) is 8.59. The Hall–Kier alpha value is -0.260. The minimum absolute atomic E-state index is 0.0836. The number of hydrogen-bond acceptors (Lipinski definition) is 3. The van der Waals surface area contributed by atoms with Gasteiger partial charge in [0.2, 0.25) is 0 Å². The van der Waals surface area contributed by atoms with E-state index in [-0.39, 0.29) is 13.2 Å². The number of aliphatic hydroxyl groups excluding tert-OH is 1. The lowest BCUT2D eigenvalue weighted by molar-refractivity contribution is 0.0724. The predicted octanol–water partition coefficient (Wildman–Crippen LogP) is 0.582. The van der Waals surface area contributed by atoms with Gasteiger partial charge in [0.25, 0.3) is 6.43 Å². The van der Waals surface area contributed by atoms with Crippen LogP contribution in [0.25, 0.3) is 0 Å². The first-order valence-corrected chi connectivity index (χ1v) is 4.31. The van der Waals surface area contributed by atoms with Crippen LogP contribution in [0.4, 0.5) is 8.78 Å². The molecule has 0 saturated heterocycles. The quantitative estimate of drug-likeness (QED) is 0.578. The Balaban J connectivity index is 3.53. The highest BCUT2D eigenvalue weighted by atomic mass is 19.3. The first-order valence-electron chi connectivity index (χ1n) is 4.31. The maximum atomic E-state index is 12.0. The van der Waals surface area contributed by atoms with Crippen molar-refractivity contribution in [3.05, 3.63) is 0 Å². The molecular weight excluding hydrogens is 180 g/mol. The van der Waals surface area contributed by atoms with Crippen molar-refractivity contribution in [1.82, 2.24) is 4.90 Å². The molecule has 1 N–H and O–H groups in total. The Morgan fingerprint density at radius 1 is 1.38 bits per heavy atom. The van der Waals surface area contributed by atoms with E-state index in [0.717, 1.165) is 0 Å². The highest BCUT2D eigenvalue weighted by Crippen LogP contribution is 1.99. The van der Waals surface area contributed by atoms with Crippen LogP contribution < -0.4 is 0 Å². The molecule has 0 rings (SSSR count). The lowest BCUT2D eigenvalue weighted by Gasteiger charge is -2.20. The Labute approximate surface area is 77.3 Å². The van der Waals surface area contributed by atoms with Gasteiger partial charge < -0.3 is 9.84 Å². The first kappa shape index (κ1) is 12.7. The van der Waals surface area contributed by atoms with Gasteiger partial charge in [-0.05, 0) is 6.42 Å². The average molecular weight is 197 g/mol. The number of alkyl halides is 2. The number of methoxy groups -OCH3 is 1. The molecule has 3 nitrogen and oxygen atoms in total. The maximum absolute atomic E-state index is 12.0. The summed E-state index contributed by atoms with van der Waals surface area (Å²) in [6, 6.07) is 0. The molecule has 0 atom stereocenters. The smallest absolute Gasteiger partial charge is 0.251 e. The van der Waals surface area contributed by atoms with E-state index >= 15 is 0 Å². The van der Waals surface area contributed by atoms with Gasteiger partial charge in [-0.25, -0.2) is 8.78 Å². The molecule has 0 saturated carbocycles. The van der Waals surface area contributed by atoms with Gasteiger partial charge in [0.1, 0.15) is 0 Å². The van der Waals surface area contributed by atoms with Crippen LogP contribution in [0.15, 0.2) is 0 Å². The highest BCUT2D eigenvalue weighted by molar-refractivity contribution is 4.58. The standard InChI is InChI=1S/C8H17F2NO2/c1-13-6-2-3-11(4-5-12)7-8(9)10/h8,12H,2-7H2,1H3. The summed E-state index contributed by atoms with van der Waals surface area (Å²) in [5.41, 5.74) is 0. The molecule has 13 heavy (non-hydrogen) atoms. The molecule has 0 heterocycles. The summed E-state index contributed by atoms with van der Waals surface area (Å²) >= 11 is 0. The highest BCUT2D eigenvalue weighted by Gasteiger charge is 2.10. The second-order valence-corrected chi connectivity index (χ2v) is 2.76. The van der Waals surface area contributed by atoms with Crippen LogP contribution in [0, 0.1) is 0 Å². The number of halogens is 2. The van der Waals surface area contributed by atoms with Gasteiger partial charge in [0.15, 0.2) is 0 Å². The fraction of sp³-hybridized carbons (Fsp3) is 1.00. The molecule has 0 aromatic carbocycles. The second kappa shape index (κ2) is 8.34. The number of nitrogens with zero attached hydrogens (tertiary/aromatic N) is 1. The van der Waals surface area contributed by atoms with E-state index in [1.807, 2.05) is 0 Å². The maximum Gasteiger partial charge on any atom is 0.251 e. The van der Waals surface area contributed by atoms with Crippen LogP contribution >= 0.6 is 0 Å². The van der Waals surface area contributed by atoms with E-state index in [1.165, 1.54) is 4.90 Å². The van der Waals surface area contributed by atoms with E-state index in [9.17, 15) is 8.78 Å². The van der Waals surface area contributed by atoms with Crippen LogP contribution in [0.2, 0.25) is 0 Å². The monoisotopic (exact) mass is 197 g/mol. The molecule has 0 aliphatic carbocycles.